The number of nitrogens with one attached hydrogen (secondary N) is 1. The average Bonchev–Trinajstić information content (AvgIpc) is 2.97. The van der Waals surface area contributed by atoms with Crippen LogP contribution >= 0.6 is 11.3 Å². The lowest BCUT2D eigenvalue weighted by atomic mass is 10.2. The number of nitrogens with zero attached hydrogens (tertiary/aromatic N) is 2. The molecule has 130 valence electrons. The molecule has 1 atom stereocenters. The topological polar surface area (TPSA) is 44.8 Å². The standard InChI is InChI=1S/C17H29N3O2S/c1-14(2)9-20-5-6-22-16(11-20)8-18-17(21)12-19(3)10-15-4-7-23-13-15/h4,7,13-14,16H,5-6,8-12H2,1-3H3,(H,18,21). The third kappa shape index (κ3) is 6.99. The van der Waals surface area contributed by atoms with E-state index in [1.165, 1.54) is 5.56 Å². The molecule has 2 heterocycles. The van der Waals surface area contributed by atoms with Crippen molar-refractivity contribution < 1.29 is 9.53 Å². The Morgan fingerprint density at radius 2 is 2.39 bits per heavy atom. The maximum Gasteiger partial charge on any atom is 0.234 e. The Morgan fingerprint density at radius 1 is 1.57 bits per heavy atom. The van der Waals surface area contributed by atoms with Gasteiger partial charge in [-0.15, -0.1) is 0 Å². The number of hydrogen-bond acceptors (Lipinski definition) is 5. The van der Waals surface area contributed by atoms with E-state index in [1.807, 2.05) is 11.9 Å². The van der Waals surface area contributed by atoms with Gasteiger partial charge in [-0.3, -0.25) is 14.6 Å². The fourth-order valence-electron chi connectivity index (χ4n) is 2.87. The first kappa shape index (κ1) is 18.4. The van der Waals surface area contributed by atoms with Gasteiger partial charge in [-0.1, -0.05) is 13.8 Å². The molecule has 0 spiro atoms. The zero-order valence-corrected chi connectivity index (χ0v) is 15.3. The molecule has 1 fully saturated rings. The van der Waals surface area contributed by atoms with E-state index in [9.17, 15) is 4.79 Å². The van der Waals surface area contributed by atoms with Crippen molar-refractivity contribution in [1.29, 1.82) is 0 Å². The maximum absolute atomic E-state index is 12.1. The summed E-state index contributed by atoms with van der Waals surface area (Å²) in [6, 6.07) is 2.10. The van der Waals surface area contributed by atoms with Crippen LogP contribution in [0.1, 0.15) is 19.4 Å². The number of ether oxygens (including phenoxy) is 1. The molecule has 1 aromatic rings. The monoisotopic (exact) mass is 339 g/mol. The predicted molar refractivity (Wildman–Crippen MR) is 94.7 cm³/mol. The zero-order valence-electron chi connectivity index (χ0n) is 14.5. The van der Waals surface area contributed by atoms with Gasteiger partial charge in [0.1, 0.15) is 0 Å². The largest absolute Gasteiger partial charge is 0.374 e. The molecule has 1 saturated heterocycles. The molecule has 0 aromatic carbocycles. The summed E-state index contributed by atoms with van der Waals surface area (Å²) in [5.41, 5.74) is 1.25. The van der Waals surface area contributed by atoms with Crippen LogP contribution in [-0.2, 0) is 16.1 Å². The Hall–Kier alpha value is -0.950. The van der Waals surface area contributed by atoms with Crippen molar-refractivity contribution in [2.24, 2.45) is 5.92 Å². The van der Waals surface area contributed by atoms with E-state index in [-0.39, 0.29) is 12.0 Å². The van der Waals surface area contributed by atoms with Crippen molar-refractivity contribution in [2.75, 3.05) is 46.4 Å². The van der Waals surface area contributed by atoms with Crippen LogP contribution in [0.2, 0.25) is 0 Å². The molecule has 6 heteroatoms. The highest BCUT2D eigenvalue weighted by Gasteiger charge is 2.21. The van der Waals surface area contributed by atoms with Gasteiger partial charge in [0.2, 0.25) is 5.91 Å². The molecule has 1 N–H and O–H groups in total. The second kappa shape index (κ2) is 9.37. The number of carbonyl (C=O) groups excluding carboxylic acids is 1. The van der Waals surface area contributed by atoms with E-state index in [1.54, 1.807) is 11.3 Å². The first-order valence-electron chi connectivity index (χ1n) is 8.33. The molecule has 23 heavy (non-hydrogen) atoms. The van der Waals surface area contributed by atoms with E-state index in [0.717, 1.165) is 32.8 Å². The van der Waals surface area contributed by atoms with Crippen LogP contribution in [0.4, 0.5) is 0 Å². The Balaban J connectivity index is 1.65. The van der Waals surface area contributed by atoms with Crippen LogP contribution in [0.5, 0.6) is 0 Å². The highest BCUT2D eigenvalue weighted by molar-refractivity contribution is 7.07. The van der Waals surface area contributed by atoms with Crippen LogP contribution in [0.3, 0.4) is 0 Å². The molecule has 2 rings (SSSR count). The summed E-state index contributed by atoms with van der Waals surface area (Å²) < 4.78 is 5.76. The normalized spacial score (nSPS) is 19.4. The number of thiophene rings is 1. The van der Waals surface area contributed by atoms with Crippen molar-refractivity contribution in [1.82, 2.24) is 15.1 Å². The van der Waals surface area contributed by atoms with Crippen molar-refractivity contribution in [2.45, 2.75) is 26.5 Å². The highest BCUT2D eigenvalue weighted by Crippen LogP contribution is 2.09. The van der Waals surface area contributed by atoms with Gasteiger partial charge in [0.25, 0.3) is 0 Å². The minimum absolute atomic E-state index is 0.0623. The van der Waals surface area contributed by atoms with Gasteiger partial charge in [0.05, 0.1) is 19.3 Å². The molecular formula is C17H29N3O2S. The van der Waals surface area contributed by atoms with Gasteiger partial charge in [0, 0.05) is 32.7 Å². The number of hydrogen-bond donors (Lipinski definition) is 1. The van der Waals surface area contributed by atoms with Gasteiger partial charge >= 0.3 is 0 Å². The third-order valence-corrected chi connectivity index (χ3v) is 4.55. The van der Waals surface area contributed by atoms with Gasteiger partial charge in [0.15, 0.2) is 0 Å². The van der Waals surface area contributed by atoms with Crippen molar-refractivity contribution in [3.8, 4) is 0 Å². The number of amides is 1. The smallest absolute Gasteiger partial charge is 0.234 e. The van der Waals surface area contributed by atoms with Gasteiger partial charge in [-0.2, -0.15) is 11.3 Å². The second-order valence-electron chi connectivity index (χ2n) is 6.75. The summed E-state index contributed by atoms with van der Waals surface area (Å²) in [7, 11) is 1.97. The molecule has 0 radical (unpaired) electrons. The van der Waals surface area contributed by atoms with Gasteiger partial charge in [-0.05, 0) is 35.4 Å². The van der Waals surface area contributed by atoms with Crippen LogP contribution in [0, 0.1) is 5.92 Å². The summed E-state index contributed by atoms with van der Waals surface area (Å²) >= 11 is 1.69. The van der Waals surface area contributed by atoms with E-state index in [2.05, 4.69) is 40.9 Å². The summed E-state index contributed by atoms with van der Waals surface area (Å²) in [6.07, 6.45) is 0.105. The molecule has 1 aliphatic rings. The van der Waals surface area contributed by atoms with E-state index < -0.39 is 0 Å². The lowest BCUT2D eigenvalue weighted by Crippen LogP contribution is -2.49. The van der Waals surface area contributed by atoms with Gasteiger partial charge in [-0.25, -0.2) is 0 Å². The van der Waals surface area contributed by atoms with Crippen LogP contribution < -0.4 is 5.32 Å². The number of rotatable bonds is 8. The minimum atomic E-state index is 0.0623. The summed E-state index contributed by atoms with van der Waals surface area (Å²) in [5.74, 6) is 0.724. The van der Waals surface area contributed by atoms with Crippen LogP contribution in [0.25, 0.3) is 0 Å². The Morgan fingerprint density at radius 3 is 3.09 bits per heavy atom. The van der Waals surface area contributed by atoms with Crippen LogP contribution in [-0.4, -0.2) is 68.2 Å². The molecule has 1 aromatic heterocycles. The number of likely N-dealkylation sites (N-methyl/N-ethyl adjacent to an activating group) is 1. The molecule has 1 unspecified atom stereocenters. The molecule has 5 nitrogen and oxygen atoms in total. The molecule has 0 saturated carbocycles. The fourth-order valence-corrected chi connectivity index (χ4v) is 3.52. The van der Waals surface area contributed by atoms with Crippen molar-refractivity contribution in [3.05, 3.63) is 22.4 Å². The summed E-state index contributed by atoms with van der Waals surface area (Å²) in [5, 5.41) is 7.19. The second-order valence-corrected chi connectivity index (χ2v) is 7.53. The van der Waals surface area contributed by atoms with E-state index in [4.69, 9.17) is 4.74 Å². The zero-order chi connectivity index (χ0) is 16.7. The summed E-state index contributed by atoms with van der Waals surface area (Å²) in [6.45, 7) is 10.0. The Labute approximate surface area is 143 Å². The Kier molecular flexibility index (Phi) is 7.49. The molecule has 0 bridgehead atoms. The van der Waals surface area contributed by atoms with Gasteiger partial charge < -0.3 is 10.1 Å². The Bertz CT molecular complexity index is 464. The average molecular weight is 340 g/mol. The third-order valence-electron chi connectivity index (χ3n) is 3.82. The van der Waals surface area contributed by atoms with Crippen LogP contribution in [0.15, 0.2) is 16.8 Å². The van der Waals surface area contributed by atoms with E-state index >= 15 is 0 Å². The minimum Gasteiger partial charge on any atom is -0.374 e. The van der Waals surface area contributed by atoms with E-state index in [0.29, 0.717) is 19.0 Å². The summed E-state index contributed by atoms with van der Waals surface area (Å²) in [4.78, 5) is 16.5. The highest BCUT2D eigenvalue weighted by atomic mass is 32.1. The first-order valence-corrected chi connectivity index (χ1v) is 9.27. The lowest BCUT2D eigenvalue weighted by Gasteiger charge is -2.34. The van der Waals surface area contributed by atoms with Crippen molar-refractivity contribution in [3.63, 3.8) is 0 Å². The molecule has 1 aliphatic heterocycles. The fraction of sp³-hybridized carbons (Fsp3) is 0.706. The predicted octanol–water partition coefficient (Wildman–Crippen LogP) is 1.65. The SMILES string of the molecule is CC(C)CN1CCOC(CNC(=O)CN(C)Cc2ccsc2)C1. The quantitative estimate of drug-likeness (QED) is 0.782. The molecule has 0 aliphatic carbocycles. The first-order chi connectivity index (χ1) is 11.0. The molecule has 1 amide bonds. The van der Waals surface area contributed by atoms with Crippen molar-refractivity contribution >= 4 is 17.2 Å². The number of morpholine rings is 1. The lowest BCUT2D eigenvalue weighted by molar-refractivity contribution is -0.123. The maximum atomic E-state index is 12.1. The molecular weight excluding hydrogens is 310 g/mol. The number of carbonyl (C=O) groups is 1.